The number of benzene rings is 11. The van der Waals surface area contributed by atoms with Crippen LogP contribution in [0.4, 0.5) is 0 Å². The van der Waals surface area contributed by atoms with Crippen molar-refractivity contribution in [2.24, 2.45) is 21.1 Å². The summed E-state index contributed by atoms with van der Waals surface area (Å²) in [5.74, 6) is 0.313. The van der Waals surface area contributed by atoms with Gasteiger partial charge in [0.1, 0.15) is 0 Å². The largest absolute Gasteiger partial charge is 0.351 e. The van der Waals surface area contributed by atoms with E-state index >= 15 is 0 Å². The predicted molar refractivity (Wildman–Crippen MR) is 515 cm³/mol. The Hall–Kier alpha value is -11.5. The van der Waals surface area contributed by atoms with Crippen LogP contribution in [-0.2, 0) is 40.4 Å². The zero-order valence-corrected chi connectivity index (χ0v) is 76.7. The number of fused-ring (bicyclic) bond motifs is 10. The van der Waals surface area contributed by atoms with Crippen LogP contribution >= 0.6 is 22.7 Å². The maximum Gasteiger partial charge on any atom is 0.163 e. The summed E-state index contributed by atoms with van der Waals surface area (Å²) >= 11 is 3.51. The molecule has 0 atom stereocenters. The van der Waals surface area contributed by atoms with Gasteiger partial charge in [0.15, 0.2) is 5.78 Å². The molecule has 7 aromatic heterocycles. The van der Waals surface area contributed by atoms with E-state index in [1.807, 2.05) is 53.1 Å². The zero-order valence-electron chi connectivity index (χ0n) is 75.0. The van der Waals surface area contributed by atoms with E-state index in [4.69, 9.17) is 0 Å². The normalized spacial score (nSPS) is 11.6. The lowest BCUT2D eigenvalue weighted by molar-refractivity contribution is 0.0994. The van der Waals surface area contributed by atoms with Gasteiger partial charge in [-0.2, -0.15) is 5.10 Å². The molecule has 2 aliphatic rings. The molecule has 18 aromatic rings. The molecule has 11 heteroatoms. The summed E-state index contributed by atoms with van der Waals surface area (Å²) in [5, 5.41) is 15.6. The van der Waals surface area contributed by atoms with Gasteiger partial charge in [0.2, 0.25) is 0 Å². The Morgan fingerprint density at radius 1 is 0.319 bits per heavy atom. The monoisotopic (exact) mass is 1610 g/mol. The first kappa shape index (κ1) is 88.3. The summed E-state index contributed by atoms with van der Waals surface area (Å²) in [6.07, 6.45) is 14.9. The molecule has 0 unspecified atom stereocenters. The number of pyridine rings is 1. The number of aromatic nitrogens is 8. The second kappa shape index (κ2) is 39.4. The summed E-state index contributed by atoms with van der Waals surface area (Å²) in [6, 6.07) is 60.9. The van der Waals surface area contributed by atoms with Crippen LogP contribution < -0.4 is 0 Å². The van der Waals surface area contributed by atoms with Gasteiger partial charge < -0.3 is 9.13 Å². The lowest BCUT2D eigenvalue weighted by Gasteiger charge is -2.03. The second-order valence-electron chi connectivity index (χ2n) is 33.0. The number of nitrogens with zero attached hydrogens (tertiary/aromatic N) is 8. The van der Waals surface area contributed by atoms with Crippen LogP contribution in [0.3, 0.4) is 0 Å². The molecule has 0 saturated carbocycles. The van der Waals surface area contributed by atoms with E-state index in [2.05, 4.69) is 370 Å². The highest BCUT2D eigenvalue weighted by atomic mass is 32.1. The number of hydrogen-bond acceptors (Lipinski definition) is 8. The molecular weight excluding hydrogens is 1490 g/mol. The Bertz CT molecular complexity index is 6060. The van der Waals surface area contributed by atoms with Gasteiger partial charge in [-0.15, -0.1) is 22.7 Å². The molecule has 20 rings (SSSR count). The first-order valence-electron chi connectivity index (χ1n) is 41.6. The van der Waals surface area contributed by atoms with Gasteiger partial charge in [-0.25, -0.2) is 4.98 Å². The van der Waals surface area contributed by atoms with E-state index in [0.717, 1.165) is 34.1 Å². The molecule has 0 radical (unpaired) electrons. The first-order chi connectivity index (χ1) is 56.7. The minimum atomic E-state index is 0.313. The third-order valence-corrected chi connectivity index (χ3v) is 26.0. The third kappa shape index (κ3) is 21.9. The van der Waals surface area contributed by atoms with E-state index in [-0.39, 0.29) is 0 Å². The number of carbonyl (C=O) groups is 1. The highest BCUT2D eigenvalue weighted by Gasteiger charge is 2.20. The number of rotatable bonds is 0. The van der Waals surface area contributed by atoms with E-state index in [1.165, 1.54) is 211 Å². The van der Waals surface area contributed by atoms with Crippen molar-refractivity contribution >= 4 is 114 Å². The minimum Gasteiger partial charge on any atom is -0.351 e. The van der Waals surface area contributed by atoms with Crippen molar-refractivity contribution in [3.63, 3.8) is 0 Å². The number of aryl methyl sites for hydroxylation is 27. The number of hydrogen-bond donors (Lipinski definition) is 0. The molecule has 0 fully saturated rings. The lowest BCUT2D eigenvalue weighted by atomic mass is 10.0. The van der Waals surface area contributed by atoms with Crippen LogP contribution in [0.25, 0.3) is 85.7 Å². The molecule has 0 aliphatic heterocycles. The molecule has 9 nitrogen and oxygen atoms in total. The highest BCUT2D eigenvalue weighted by molar-refractivity contribution is 7.17. The zero-order chi connectivity index (χ0) is 85.8. The Labute approximate surface area is 715 Å². The van der Waals surface area contributed by atoms with Gasteiger partial charge in [-0.05, 0) is 442 Å². The SMILES string of the molecule is Cc1cc2c(C)c(C)n(C)c2cc1C.Cc1cc2c(cc1C)C(=O)CC2.Cc1cc2c(cc1C)CCC2.Cc1cc2ccccc2cc1C.Cc1cc2cccnc2cc1C.Cc1cc2ccn(C)c2cc1C.Cc1cc2ccsc2cc1C.Cc1cc2cnn(C)c2cc1C.Cc1cc2nccnc2cc1C.Cc1cc2ncsc2cc1C. The Balaban J connectivity index is 0.000000130. The fourth-order valence-corrected chi connectivity index (χ4v) is 16.5. The van der Waals surface area contributed by atoms with Crippen LogP contribution in [0, 0.1) is 152 Å². The summed E-state index contributed by atoms with van der Waals surface area (Å²) in [7, 11) is 6.19. The van der Waals surface area contributed by atoms with Crippen molar-refractivity contribution in [2.75, 3.05) is 0 Å². The molecule has 11 aromatic carbocycles. The standard InChI is InChI=1S/C13H17N.C12H12.C11H13N.C11H11N.C11H12O.C11H14.C10H12N2.C10H10N2.C10H10S.C9H9NS/c1-8-6-12-10(3)11(4)14(5)13(12)7-9(8)2;1-9-7-11-5-3-4-6-12(11)8-10(9)2;1-8-6-10-4-5-12(3)11(10)7-9(8)2;1-8-6-10-4-3-5-12-11(10)7-9(8)2;1-7-5-9-3-4-11(12)10(9)6-8(7)2;1-8-6-10-4-3-5-11(10)7-9(8)2;1-7-4-9-6-11-12(3)10(9)5-8(7)2;1-7-5-9-10(6-8(7)2)12-4-3-11-9;1-7-5-9-3-4-11-10(9)6-8(7)2;1-6-3-8-9(4-7(6)2)11-5-10-8/h6-7H,1-5H3;3-8H,1-2H3;4-7H,1-3H3;3-7H,1-2H3;5-6H,3-4H2,1-2H3;6-7H,3-5H2,1-2H3;4-6H,1-3H3;3-6H,1-2H3;3-6H,1-2H3;3-5H,1-2H3. The maximum absolute atomic E-state index is 11.3. The minimum absolute atomic E-state index is 0.313. The number of carbonyl (C=O) groups excluding carboxylic acids is 1. The summed E-state index contributed by atoms with van der Waals surface area (Å²) < 4.78 is 9.02. The molecule has 0 spiro atoms. The molecular formula is C108H120N8OS2. The van der Waals surface area contributed by atoms with Crippen molar-refractivity contribution < 1.29 is 4.79 Å². The Morgan fingerprint density at radius 3 is 1.33 bits per heavy atom. The average molecular weight is 1610 g/mol. The van der Waals surface area contributed by atoms with Crippen molar-refractivity contribution in [2.45, 2.75) is 184 Å². The molecule has 0 N–H and O–H groups in total. The van der Waals surface area contributed by atoms with Gasteiger partial charge in [0.05, 0.1) is 44.0 Å². The number of thiazole rings is 1. The molecule has 0 saturated heterocycles. The van der Waals surface area contributed by atoms with E-state index in [0.29, 0.717) is 12.2 Å². The first-order valence-corrected chi connectivity index (χ1v) is 43.3. The summed E-state index contributed by atoms with van der Waals surface area (Å²) in [6.45, 7) is 47.1. The fraction of sp³-hybridized carbons (Fsp3) is 0.278. The average Bonchev–Trinajstić information content (AvgIpc) is 1.66. The van der Waals surface area contributed by atoms with Crippen LogP contribution in [0.1, 0.15) is 162 Å². The lowest BCUT2D eigenvalue weighted by Crippen LogP contribution is -1.93. The molecule has 0 bridgehead atoms. The third-order valence-electron chi connectivity index (χ3n) is 24.3. The fourth-order valence-electron chi connectivity index (χ4n) is 14.9. The van der Waals surface area contributed by atoms with Gasteiger partial charge in [0, 0.05) is 95.5 Å². The van der Waals surface area contributed by atoms with Crippen molar-refractivity contribution in [3.05, 3.63) is 357 Å². The number of thiophene rings is 1. The van der Waals surface area contributed by atoms with E-state index < -0.39 is 0 Å². The second-order valence-corrected chi connectivity index (χ2v) is 34.9. The van der Waals surface area contributed by atoms with E-state index in [9.17, 15) is 4.79 Å². The number of ketones is 1. The molecule has 7 heterocycles. The highest BCUT2D eigenvalue weighted by Crippen LogP contribution is 2.31. The van der Waals surface area contributed by atoms with Crippen molar-refractivity contribution in [3.8, 4) is 0 Å². The van der Waals surface area contributed by atoms with Crippen molar-refractivity contribution in [1.82, 2.24) is 38.9 Å². The topological polar surface area (TPSA) is 96.3 Å². The summed E-state index contributed by atoms with van der Waals surface area (Å²) in [4.78, 5) is 28.3. The van der Waals surface area contributed by atoms with Gasteiger partial charge in [0.25, 0.3) is 0 Å². The Kier molecular flexibility index (Phi) is 29.2. The summed E-state index contributed by atoms with van der Waals surface area (Å²) in [5.41, 5.74) is 45.0. The number of Topliss-reactive ketones (excluding diaryl/α,β-unsaturated/α-hetero) is 1. The van der Waals surface area contributed by atoms with Crippen LogP contribution in [-0.4, -0.2) is 44.6 Å². The van der Waals surface area contributed by atoms with Crippen LogP contribution in [0.15, 0.2) is 212 Å². The van der Waals surface area contributed by atoms with Gasteiger partial charge in [-0.1, -0.05) is 66.7 Å². The van der Waals surface area contributed by atoms with Crippen LogP contribution in [0.5, 0.6) is 0 Å². The molecule has 0 amide bonds. The molecule has 119 heavy (non-hydrogen) atoms. The Morgan fingerprint density at radius 2 is 0.748 bits per heavy atom. The van der Waals surface area contributed by atoms with Crippen LogP contribution in [0.2, 0.25) is 0 Å². The molecule has 2 aliphatic carbocycles. The molecule has 610 valence electrons. The smallest absolute Gasteiger partial charge is 0.163 e. The predicted octanol–water partition coefficient (Wildman–Crippen LogP) is 28.6. The van der Waals surface area contributed by atoms with E-state index in [1.54, 1.807) is 34.9 Å². The van der Waals surface area contributed by atoms with Crippen molar-refractivity contribution in [1.29, 1.82) is 0 Å². The maximum atomic E-state index is 11.3. The quantitative estimate of drug-likeness (QED) is 0.150. The van der Waals surface area contributed by atoms with Gasteiger partial charge >= 0.3 is 0 Å². The van der Waals surface area contributed by atoms with Gasteiger partial charge in [-0.3, -0.25) is 24.4 Å².